The van der Waals surface area contributed by atoms with E-state index in [1.165, 1.54) is 0 Å². The minimum absolute atomic E-state index is 0.0255. The number of morpholine rings is 1. The van der Waals surface area contributed by atoms with Crippen molar-refractivity contribution < 1.29 is 18.3 Å². The van der Waals surface area contributed by atoms with Crippen molar-refractivity contribution >= 4 is 5.91 Å². The Labute approximate surface area is 121 Å². The van der Waals surface area contributed by atoms with Gasteiger partial charge in [-0.25, -0.2) is 13.8 Å². The van der Waals surface area contributed by atoms with E-state index in [1.807, 2.05) is 7.05 Å². The number of halogens is 2. The van der Waals surface area contributed by atoms with Crippen LogP contribution in [0.4, 0.5) is 8.78 Å². The van der Waals surface area contributed by atoms with Crippen molar-refractivity contribution in [2.45, 2.75) is 18.6 Å². The van der Waals surface area contributed by atoms with Crippen LogP contribution in [0.15, 0.2) is 12.3 Å². The van der Waals surface area contributed by atoms with E-state index < -0.39 is 17.5 Å². The first kappa shape index (κ1) is 14.3. The lowest BCUT2D eigenvalue weighted by molar-refractivity contribution is -0.0872. The topological polar surface area (TPSA) is 45.7 Å². The molecule has 0 spiro atoms. The number of likely N-dealkylation sites (tertiary alicyclic amines) is 1. The minimum atomic E-state index is -0.924. The molecule has 0 N–H and O–H groups in total. The highest BCUT2D eigenvalue weighted by atomic mass is 19.1. The SMILES string of the molecule is CN1CCC2OCCN(C(=O)c3ncc(F)cc3F)C2C1. The predicted octanol–water partition coefficient (Wildman–Crippen LogP) is 0.905. The molecule has 3 rings (SSSR count). The van der Waals surface area contributed by atoms with Crippen molar-refractivity contribution in [3.8, 4) is 0 Å². The zero-order valence-electron chi connectivity index (χ0n) is 11.8. The third-order valence-electron chi connectivity index (χ3n) is 4.06. The lowest BCUT2D eigenvalue weighted by Crippen LogP contribution is -2.60. The maximum absolute atomic E-state index is 13.8. The molecule has 2 unspecified atom stereocenters. The average Bonchev–Trinajstić information content (AvgIpc) is 2.46. The Morgan fingerprint density at radius 2 is 2.24 bits per heavy atom. The second-order valence-corrected chi connectivity index (χ2v) is 5.51. The van der Waals surface area contributed by atoms with E-state index in [2.05, 4.69) is 9.88 Å². The number of likely N-dealkylation sites (N-methyl/N-ethyl adjacent to an activating group) is 1. The summed E-state index contributed by atoms with van der Waals surface area (Å²) >= 11 is 0. The molecule has 0 aromatic carbocycles. The number of carbonyl (C=O) groups excluding carboxylic acids is 1. The molecule has 0 bridgehead atoms. The van der Waals surface area contributed by atoms with Crippen molar-refractivity contribution in [3.63, 3.8) is 0 Å². The molecule has 1 aromatic rings. The Hall–Kier alpha value is -1.60. The third-order valence-corrected chi connectivity index (χ3v) is 4.06. The quantitative estimate of drug-likeness (QED) is 0.773. The van der Waals surface area contributed by atoms with Crippen LogP contribution in [0.2, 0.25) is 0 Å². The van der Waals surface area contributed by atoms with E-state index in [0.717, 1.165) is 19.2 Å². The molecule has 7 heteroatoms. The molecule has 0 radical (unpaired) electrons. The molecule has 114 valence electrons. The molecule has 0 aliphatic carbocycles. The number of amides is 1. The van der Waals surface area contributed by atoms with E-state index >= 15 is 0 Å². The Bertz CT molecular complexity index is 555. The summed E-state index contributed by atoms with van der Waals surface area (Å²) in [6.07, 6.45) is 1.67. The predicted molar refractivity (Wildman–Crippen MR) is 70.8 cm³/mol. The molecule has 2 aliphatic rings. The molecule has 1 amide bonds. The summed E-state index contributed by atoms with van der Waals surface area (Å²) < 4.78 is 32.4. The lowest BCUT2D eigenvalue weighted by atomic mass is 9.98. The molecule has 0 saturated carbocycles. The summed E-state index contributed by atoms with van der Waals surface area (Å²) in [6, 6.07) is 0.571. The van der Waals surface area contributed by atoms with Crippen LogP contribution in [0.1, 0.15) is 16.9 Å². The zero-order valence-corrected chi connectivity index (χ0v) is 11.8. The summed E-state index contributed by atoms with van der Waals surface area (Å²) in [5.41, 5.74) is -0.328. The fraction of sp³-hybridized carbons (Fsp3) is 0.571. The standard InChI is InChI=1S/C14H17F2N3O2/c1-18-3-2-12-11(8-18)19(4-5-21-12)14(20)13-10(16)6-9(15)7-17-13/h6-7,11-12H,2-5,8H2,1H3. The summed E-state index contributed by atoms with van der Waals surface area (Å²) in [5.74, 6) is -2.21. The van der Waals surface area contributed by atoms with Gasteiger partial charge in [0, 0.05) is 25.7 Å². The summed E-state index contributed by atoms with van der Waals surface area (Å²) in [7, 11) is 1.98. The Morgan fingerprint density at radius 3 is 3.00 bits per heavy atom. The number of aromatic nitrogens is 1. The fourth-order valence-electron chi connectivity index (χ4n) is 2.99. The second kappa shape index (κ2) is 5.65. The molecule has 2 fully saturated rings. The zero-order chi connectivity index (χ0) is 15.0. The number of piperidine rings is 1. The van der Waals surface area contributed by atoms with Gasteiger partial charge in [-0.1, -0.05) is 0 Å². The largest absolute Gasteiger partial charge is 0.374 e. The second-order valence-electron chi connectivity index (χ2n) is 5.51. The lowest BCUT2D eigenvalue weighted by Gasteiger charge is -2.46. The van der Waals surface area contributed by atoms with Crippen LogP contribution in [-0.4, -0.2) is 66.1 Å². The van der Waals surface area contributed by atoms with Crippen LogP contribution >= 0.6 is 0 Å². The first-order chi connectivity index (χ1) is 10.1. The molecule has 2 atom stereocenters. The molecule has 5 nitrogen and oxygen atoms in total. The van der Waals surface area contributed by atoms with Gasteiger partial charge in [0.25, 0.3) is 5.91 Å². The maximum Gasteiger partial charge on any atom is 0.275 e. The summed E-state index contributed by atoms with van der Waals surface area (Å²) in [6.45, 7) is 2.41. The van der Waals surface area contributed by atoms with Gasteiger partial charge < -0.3 is 14.5 Å². The van der Waals surface area contributed by atoms with Crippen molar-refractivity contribution in [1.29, 1.82) is 0 Å². The van der Waals surface area contributed by atoms with Gasteiger partial charge in [-0.15, -0.1) is 0 Å². The van der Waals surface area contributed by atoms with Gasteiger partial charge in [0.15, 0.2) is 11.5 Å². The van der Waals surface area contributed by atoms with Gasteiger partial charge >= 0.3 is 0 Å². The van der Waals surface area contributed by atoms with Crippen molar-refractivity contribution in [3.05, 3.63) is 29.6 Å². The number of rotatable bonds is 1. The Balaban J connectivity index is 1.85. The first-order valence-electron chi connectivity index (χ1n) is 6.98. The van der Waals surface area contributed by atoms with Crippen molar-refractivity contribution in [2.75, 3.05) is 33.3 Å². The van der Waals surface area contributed by atoms with Gasteiger partial charge in [-0.3, -0.25) is 4.79 Å². The van der Waals surface area contributed by atoms with Gasteiger partial charge in [0.1, 0.15) is 5.82 Å². The fourth-order valence-corrected chi connectivity index (χ4v) is 2.99. The smallest absolute Gasteiger partial charge is 0.275 e. The highest BCUT2D eigenvalue weighted by Gasteiger charge is 2.39. The molecular weight excluding hydrogens is 280 g/mol. The van der Waals surface area contributed by atoms with E-state index in [0.29, 0.717) is 25.8 Å². The number of ether oxygens (including phenoxy) is 1. The average molecular weight is 297 g/mol. The van der Waals surface area contributed by atoms with Crippen molar-refractivity contribution in [1.82, 2.24) is 14.8 Å². The monoisotopic (exact) mass is 297 g/mol. The molecular formula is C14H17F2N3O2. The normalized spacial score (nSPS) is 26.5. The summed E-state index contributed by atoms with van der Waals surface area (Å²) in [4.78, 5) is 19.9. The number of fused-ring (bicyclic) bond motifs is 1. The Morgan fingerprint density at radius 1 is 1.43 bits per heavy atom. The number of hydrogen-bond donors (Lipinski definition) is 0. The van der Waals surface area contributed by atoms with E-state index in [-0.39, 0.29) is 17.8 Å². The highest BCUT2D eigenvalue weighted by Crippen LogP contribution is 2.24. The van der Waals surface area contributed by atoms with E-state index in [9.17, 15) is 13.6 Å². The molecule has 21 heavy (non-hydrogen) atoms. The van der Waals surface area contributed by atoms with Crippen LogP contribution in [-0.2, 0) is 4.74 Å². The van der Waals surface area contributed by atoms with E-state index in [1.54, 1.807) is 4.90 Å². The molecule has 3 heterocycles. The van der Waals surface area contributed by atoms with Gasteiger partial charge in [0.05, 0.1) is 24.9 Å². The molecule has 2 saturated heterocycles. The van der Waals surface area contributed by atoms with Gasteiger partial charge in [-0.2, -0.15) is 0 Å². The van der Waals surface area contributed by atoms with Gasteiger partial charge in [-0.05, 0) is 13.5 Å². The summed E-state index contributed by atoms with van der Waals surface area (Å²) in [5, 5.41) is 0. The van der Waals surface area contributed by atoms with Crippen LogP contribution < -0.4 is 0 Å². The van der Waals surface area contributed by atoms with Crippen LogP contribution in [0.5, 0.6) is 0 Å². The number of nitrogens with zero attached hydrogens (tertiary/aromatic N) is 3. The van der Waals surface area contributed by atoms with Crippen LogP contribution in [0.3, 0.4) is 0 Å². The highest BCUT2D eigenvalue weighted by molar-refractivity contribution is 5.92. The first-order valence-corrected chi connectivity index (χ1v) is 6.98. The minimum Gasteiger partial charge on any atom is -0.374 e. The van der Waals surface area contributed by atoms with E-state index in [4.69, 9.17) is 4.74 Å². The Kier molecular flexibility index (Phi) is 3.86. The van der Waals surface area contributed by atoms with Crippen molar-refractivity contribution in [2.24, 2.45) is 0 Å². The van der Waals surface area contributed by atoms with Gasteiger partial charge in [0.2, 0.25) is 0 Å². The number of hydrogen-bond acceptors (Lipinski definition) is 4. The number of pyridine rings is 1. The van der Waals surface area contributed by atoms with Crippen LogP contribution in [0.25, 0.3) is 0 Å². The molecule has 1 aromatic heterocycles. The van der Waals surface area contributed by atoms with Crippen LogP contribution in [0, 0.1) is 11.6 Å². The third kappa shape index (κ3) is 2.75. The molecule has 2 aliphatic heterocycles. The number of carbonyl (C=O) groups is 1. The maximum atomic E-state index is 13.8.